The molecule has 1 unspecified atom stereocenters. The van der Waals surface area contributed by atoms with Gasteiger partial charge in [-0.3, -0.25) is 4.55 Å². The summed E-state index contributed by atoms with van der Waals surface area (Å²) in [5, 5.41) is 0. The second-order valence-electron chi connectivity index (χ2n) is 7.63. The smallest absolute Gasteiger partial charge is 0.267 e. The standard InChI is InChI=1S/C18H39NO4S/c1-5-6-7-8-9-10-11-12-13-14-15-19(2,3)16-18(23-4)17-24(20,21)22/h18H,5-17H2,1-4H3/p+1. The van der Waals surface area contributed by atoms with Gasteiger partial charge in [0, 0.05) is 7.11 Å². The third-order valence-electron chi connectivity index (χ3n) is 4.54. The third-order valence-corrected chi connectivity index (χ3v) is 5.34. The Labute approximate surface area is 150 Å². The molecule has 0 radical (unpaired) electrons. The Balaban J connectivity index is 3.76. The Hall–Kier alpha value is -0.170. The molecule has 0 heterocycles. The molecular weight excluding hydrogens is 326 g/mol. The molecule has 0 amide bonds. The van der Waals surface area contributed by atoms with Crippen molar-refractivity contribution in [2.45, 2.75) is 77.2 Å². The number of nitrogens with zero attached hydrogens (tertiary/aromatic N) is 1. The summed E-state index contributed by atoms with van der Waals surface area (Å²) in [6.07, 6.45) is 12.7. The summed E-state index contributed by atoms with van der Waals surface area (Å²) in [6.45, 7) is 3.84. The summed E-state index contributed by atoms with van der Waals surface area (Å²) in [5.74, 6) is -0.330. The molecule has 0 bridgehead atoms. The monoisotopic (exact) mass is 366 g/mol. The summed E-state index contributed by atoms with van der Waals surface area (Å²) >= 11 is 0. The maximum absolute atomic E-state index is 11.0. The SMILES string of the molecule is CCCCCCCCCCCC[N+](C)(C)CC(CS(=O)(=O)O)OC. The first-order chi connectivity index (χ1) is 11.2. The lowest BCUT2D eigenvalue weighted by molar-refractivity contribution is -0.893. The van der Waals surface area contributed by atoms with Crippen molar-refractivity contribution in [3.8, 4) is 0 Å². The van der Waals surface area contributed by atoms with Crippen molar-refractivity contribution < 1.29 is 22.2 Å². The van der Waals surface area contributed by atoms with Gasteiger partial charge in [0.1, 0.15) is 18.4 Å². The van der Waals surface area contributed by atoms with Gasteiger partial charge in [0.25, 0.3) is 10.1 Å². The molecule has 0 aliphatic rings. The summed E-state index contributed by atoms with van der Waals surface area (Å²) in [4.78, 5) is 0. The van der Waals surface area contributed by atoms with Crippen molar-refractivity contribution in [3.63, 3.8) is 0 Å². The minimum Gasteiger partial charge on any atom is -0.374 e. The fourth-order valence-corrected chi connectivity index (χ4v) is 3.81. The van der Waals surface area contributed by atoms with Crippen LogP contribution in [0.2, 0.25) is 0 Å². The van der Waals surface area contributed by atoms with Crippen LogP contribution in [0.1, 0.15) is 71.1 Å². The summed E-state index contributed by atoms with van der Waals surface area (Å²) in [6, 6.07) is 0. The molecule has 0 saturated carbocycles. The van der Waals surface area contributed by atoms with E-state index in [9.17, 15) is 8.42 Å². The number of unbranched alkanes of at least 4 members (excludes halogenated alkanes) is 9. The highest BCUT2D eigenvalue weighted by molar-refractivity contribution is 7.85. The van der Waals surface area contributed by atoms with Gasteiger partial charge in [0.05, 0.1) is 20.6 Å². The van der Waals surface area contributed by atoms with Gasteiger partial charge in [0.2, 0.25) is 0 Å². The van der Waals surface area contributed by atoms with E-state index in [1.807, 2.05) is 0 Å². The zero-order valence-electron chi connectivity index (χ0n) is 16.3. The molecule has 0 fully saturated rings. The number of ether oxygens (including phenoxy) is 1. The van der Waals surface area contributed by atoms with Gasteiger partial charge in [-0.25, -0.2) is 0 Å². The van der Waals surface area contributed by atoms with E-state index in [1.54, 1.807) is 0 Å². The first kappa shape index (κ1) is 23.8. The van der Waals surface area contributed by atoms with E-state index in [2.05, 4.69) is 21.0 Å². The van der Waals surface area contributed by atoms with Gasteiger partial charge in [0.15, 0.2) is 0 Å². The fraction of sp³-hybridized carbons (Fsp3) is 1.00. The van der Waals surface area contributed by atoms with Crippen molar-refractivity contribution in [2.24, 2.45) is 0 Å². The summed E-state index contributed by atoms with van der Waals surface area (Å²) in [7, 11) is 1.68. The molecule has 0 aliphatic heterocycles. The van der Waals surface area contributed by atoms with E-state index in [4.69, 9.17) is 9.29 Å². The fourth-order valence-electron chi connectivity index (χ4n) is 3.10. The minimum absolute atomic E-state index is 0.330. The van der Waals surface area contributed by atoms with Gasteiger partial charge in [-0.05, 0) is 12.8 Å². The molecule has 0 rings (SSSR count). The van der Waals surface area contributed by atoms with Crippen LogP contribution in [-0.2, 0) is 14.9 Å². The van der Waals surface area contributed by atoms with E-state index >= 15 is 0 Å². The number of rotatable bonds is 16. The maximum Gasteiger partial charge on any atom is 0.267 e. The van der Waals surface area contributed by atoms with Gasteiger partial charge in [-0.1, -0.05) is 58.3 Å². The van der Waals surface area contributed by atoms with Crippen LogP contribution in [0.25, 0.3) is 0 Å². The number of hydrogen-bond donors (Lipinski definition) is 1. The van der Waals surface area contributed by atoms with Crippen molar-refractivity contribution in [3.05, 3.63) is 0 Å². The lowest BCUT2D eigenvalue weighted by Gasteiger charge is -2.32. The zero-order valence-corrected chi connectivity index (χ0v) is 17.1. The first-order valence-corrected chi connectivity index (χ1v) is 11.1. The zero-order chi connectivity index (χ0) is 18.5. The predicted molar refractivity (Wildman–Crippen MR) is 101 cm³/mol. The highest BCUT2D eigenvalue weighted by Crippen LogP contribution is 2.12. The van der Waals surface area contributed by atoms with Crippen LogP contribution >= 0.6 is 0 Å². The first-order valence-electron chi connectivity index (χ1n) is 9.50. The minimum atomic E-state index is -3.99. The number of hydrogen-bond acceptors (Lipinski definition) is 3. The van der Waals surface area contributed by atoms with Crippen LogP contribution in [-0.4, -0.2) is 63.6 Å². The second kappa shape index (κ2) is 13.1. The molecule has 24 heavy (non-hydrogen) atoms. The van der Waals surface area contributed by atoms with E-state index in [-0.39, 0.29) is 5.75 Å². The molecule has 6 heteroatoms. The quantitative estimate of drug-likeness (QED) is 0.256. The summed E-state index contributed by atoms with van der Waals surface area (Å²) in [5.41, 5.74) is 0. The topological polar surface area (TPSA) is 63.6 Å². The van der Waals surface area contributed by atoms with Crippen LogP contribution in [0.5, 0.6) is 0 Å². The van der Waals surface area contributed by atoms with Crippen LogP contribution in [0.4, 0.5) is 0 Å². The molecule has 0 spiro atoms. The van der Waals surface area contributed by atoms with Gasteiger partial charge < -0.3 is 9.22 Å². The van der Waals surface area contributed by atoms with E-state index in [0.717, 1.165) is 13.0 Å². The van der Waals surface area contributed by atoms with Crippen LogP contribution in [0.15, 0.2) is 0 Å². The second-order valence-corrected chi connectivity index (χ2v) is 9.13. The molecule has 5 nitrogen and oxygen atoms in total. The predicted octanol–water partition coefficient (Wildman–Crippen LogP) is 3.89. The van der Waals surface area contributed by atoms with Crippen LogP contribution in [0.3, 0.4) is 0 Å². The Bertz CT molecular complexity index is 396. The molecule has 0 aromatic heterocycles. The van der Waals surface area contributed by atoms with Gasteiger partial charge in [-0.2, -0.15) is 8.42 Å². The molecular formula is C18H40NO4S+. The average Bonchev–Trinajstić information content (AvgIpc) is 2.46. The maximum atomic E-state index is 11.0. The number of quaternary nitrogens is 1. The lowest BCUT2D eigenvalue weighted by Crippen LogP contribution is -2.48. The average molecular weight is 367 g/mol. The largest absolute Gasteiger partial charge is 0.374 e. The van der Waals surface area contributed by atoms with Crippen molar-refractivity contribution >= 4 is 10.1 Å². The highest BCUT2D eigenvalue weighted by Gasteiger charge is 2.25. The van der Waals surface area contributed by atoms with Crippen LogP contribution in [0, 0.1) is 0 Å². The van der Waals surface area contributed by atoms with Gasteiger partial charge >= 0.3 is 0 Å². The Morgan fingerprint density at radius 1 is 0.917 bits per heavy atom. The Kier molecular flexibility index (Phi) is 13.0. The van der Waals surface area contributed by atoms with Crippen LogP contribution < -0.4 is 0 Å². The summed E-state index contributed by atoms with van der Waals surface area (Å²) < 4.78 is 36.9. The van der Waals surface area contributed by atoms with E-state index in [1.165, 1.54) is 64.9 Å². The molecule has 1 N–H and O–H groups in total. The van der Waals surface area contributed by atoms with E-state index < -0.39 is 16.2 Å². The highest BCUT2D eigenvalue weighted by atomic mass is 32.2. The molecule has 0 saturated heterocycles. The molecule has 0 aliphatic carbocycles. The molecule has 146 valence electrons. The number of likely N-dealkylation sites (N-methyl/N-ethyl adjacent to an activating group) is 1. The van der Waals surface area contributed by atoms with Crippen molar-refractivity contribution in [1.82, 2.24) is 0 Å². The molecule has 0 aromatic rings. The van der Waals surface area contributed by atoms with Crippen molar-refractivity contribution in [2.75, 3.05) is 40.0 Å². The Morgan fingerprint density at radius 3 is 1.79 bits per heavy atom. The van der Waals surface area contributed by atoms with Crippen molar-refractivity contribution in [1.29, 1.82) is 0 Å². The normalized spacial score (nSPS) is 14.0. The molecule has 0 aromatic carbocycles. The number of methoxy groups -OCH3 is 1. The van der Waals surface area contributed by atoms with Gasteiger partial charge in [-0.15, -0.1) is 0 Å². The third kappa shape index (κ3) is 15.4. The Morgan fingerprint density at radius 2 is 1.38 bits per heavy atom. The molecule has 1 atom stereocenters. The van der Waals surface area contributed by atoms with E-state index in [0.29, 0.717) is 11.0 Å². The lowest BCUT2D eigenvalue weighted by atomic mass is 10.1.